The van der Waals surface area contributed by atoms with Gasteiger partial charge in [0.2, 0.25) is 6.33 Å². The van der Waals surface area contributed by atoms with Crippen molar-refractivity contribution < 1.29 is 8.68 Å². The molecule has 3 aromatic heterocycles. The molecule has 0 unspecified atom stereocenters. The lowest BCUT2D eigenvalue weighted by atomic mass is 10.1. The Bertz CT molecular complexity index is 2760. The van der Waals surface area contributed by atoms with Crippen molar-refractivity contribution in [2.45, 2.75) is 19.8 Å². The predicted molar refractivity (Wildman–Crippen MR) is 214 cm³/mol. The Balaban J connectivity index is 1.37. The minimum absolute atomic E-state index is 0.366. The number of benzene rings is 6. The summed E-state index contributed by atoms with van der Waals surface area (Å²) in [7, 11) is -3.05. The van der Waals surface area contributed by atoms with E-state index in [-0.39, 0.29) is 0 Å². The molecule has 9 aromatic rings. The molecule has 0 N–H and O–H groups in total. The summed E-state index contributed by atoms with van der Waals surface area (Å²) in [6.45, 7) is 2.11. The van der Waals surface area contributed by atoms with Crippen LogP contribution in [0.25, 0.3) is 44.3 Å². The van der Waals surface area contributed by atoms with E-state index in [1.807, 2.05) is 35.0 Å². The average molecular weight is 679 g/mol. The van der Waals surface area contributed by atoms with Gasteiger partial charge in [0.1, 0.15) is 11.5 Å². The van der Waals surface area contributed by atoms with Gasteiger partial charge < -0.3 is 0 Å². The molecule has 5 heteroatoms. The van der Waals surface area contributed by atoms with Crippen LogP contribution in [0.15, 0.2) is 176 Å². The molecule has 0 radical (unpaired) electrons. The van der Waals surface area contributed by atoms with Gasteiger partial charge in [0.25, 0.3) is 0 Å². The van der Waals surface area contributed by atoms with E-state index in [0.717, 1.165) is 28.1 Å². The molecule has 51 heavy (non-hydrogen) atoms. The summed E-state index contributed by atoms with van der Waals surface area (Å²) < 4.78 is 30.7. The molecule has 0 aliphatic rings. The van der Waals surface area contributed by atoms with Gasteiger partial charge in [0.05, 0.1) is 22.1 Å². The Hall–Kier alpha value is -6.04. The van der Waals surface area contributed by atoms with Gasteiger partial charge in [-0.1, -0.05) is 129 Å². The fourth-order valence-electron chi connectivity index (χ4n) is 7.95. The quantitative estimate of drug-likeness (QED) is 0.0978. The zero-order valence-corrected chi connectivity index (χ0v) is 29.6. The summed E-state index contributed by atoms with van der Waals surface area (Å²) in [5.41, 5.74) is 5.87. The van der Waals surface area contributed by atoms with Crippen molar-refractivity contribution in [2.75, 3.05) is 0 Å². The number of nitrogens with zero attached hydrogens (tertiary/aromatic N) is 4. The van der Waals surface area contributed by atoms with Gasteiger partial charge >= 0.3 is 0 Å². The number of hydrogen-bond acceptors (Lipinski definition) is 1. The maximum absolute atomic E-state index is 8.31. The lowest BCUT2D eigenvalue weighted by Gasteiger charge is -2.34. The third-order valence-electron chi connectivity index (χ3n) is 10.4. The molecule has 0 atom stereocenters. The zero-order valence-electron chi connectivity index (χ0n) is 31.6. The second kappa shape index (κ2) is 12.4. The van der Waals surface area contributed by atoms with Crippen LogP contribution in [-0.2, 0) is 6.98 Å². The van der Waals surface area contributed by atoms with E-state index in [2.05, 4.69) is 158 Å². The molecule has 0 saturated carbocycles. The summed E-state index contributed by atoms with van der Waals surface area (Å²) in [5.74, 6) is 1.27. The average Bonchev–Trinajstić information content (AvgIpc) is 3.76. The Labute approximate surface area is 303 Å². The minimum atomic E-state index is -3.05. The molecule has 0 amide bonds. The van der Waals surface area contributed by atoms with E-state index >= 15 is 0 Å². The summed E-state index contributed by atoms with van der Waals surface area (Å²) in [6, 6.07) is 58.2. The van der Waals surface area contributed by atoms with E-state index in [4.69, 9.17) is 9.10 Å². The van der Waals surface area contributed by atoms with E-state index in [9.17, 15) is 0 Å². The SMILES string of the molecule is [2H]C([2H])([2H])[n+]1cn(-c2cccc([Si](c3ccccc3)(c3ccccc3)c3ccc4c5ccccc5n(-c5cc(C(C)C)ccn5)c4c3)c2)c2ccccc21. The Morgan fingerprint density at radius 2 is 1.24 bits per heavy atom. The van der Waals surface area contributed by atoms with Gasteiger partial charge in [-0.25, -0.2) is 9.55 Å². The van der Waals surface area contributed by atoms with Gasteiger partial charge in [-0.05, 0) is 80.8 Å². The highest BCUT2D eigenvalue weighted by atomic mass is 28.3. The second-order valence-electron chi connectivity index (χ2n) is 13.6. The van der Waals surface area contributed by atoms with Crippen molar-refractivity contribution >= 4 is 61.7 Å². The lowest BCUT2D eigenvalue weighted by molar-refractivity contribution is -0.645. The van der Waals surface area contributed by atoms with E-state index in [0.29, 0.717) is 11.4 Å². The molecule has 0 aliphatic heterocycles. The van der Waals surface area contributed by atoms with Gasteiger partial charge in [-0.3, -0.25) is 4.57 Å². The number of hydrogen-bond donors (Lipinski definition) is 0. The highest BCUT2D eigenvalue weighted by Crippen LogP contribution is 2.32. The molecule has 0 bridgehead atoms. The topological polar surface area (TPSA) is 26.6 Å². The minimum Gasteiger partial charge on any atom is -0.294 e. The van der Waals surface area contributed by atoms with Gasteiger partial charge in [0.15, 0.2) is 19.1 Å². The van der Waals surface area contributed by atoms with Crippen molar-refractivity contribution in [1.29, 1.82) is 0 Å². The zero-order chi connectivity index (χ0) is 37.0. The van der Waals surface area contributed by atoms with Crippen molar-refractivity contribution in [2.24, 2.45) is 6.98 Å². The molecule has 9 rings (SSSR count). The summed E-state index contributed by atoms with van der Waals surface area (Å²) in [6.07, 6.45) is 3.64. The fourth-order valence-corrected chi connectivity index (χ4v) is 12.7. The molecule has 0 aliphatic carbocycles. The third-order valence-corrected chi connectivity index (χ3v) is 15.1. The number of aromatic nitrogens is 4. The highest BCUT2D eigenvalue weighted by Gasteiger charge is 2.42. The molecular weight excluding hydrogens is 637 g/mol. The van der Waals surface area contributed by atoms with Crippen LogP contribution >= 0.6 is 0 Å². The molecule has 3 heterocycles. The first-order valence-electron chi connectivity index (χ1n) is 19.0. The fraction of sp³-hybridized carbons (Fsp3) is 0.0870. The van der Waals surface area contributed by atoms with Crippen molar-refractivity contribution in [3.05, 3.63) is 182 Å². The van der Waals surface area contributed by atoms with Crippen LogP contribution in [-0.4, -0.2) is 22.2 Å². The van der Waals surface area contributed by atoms with Gasteiger partial charge in [0, 0.05) is 17.0 Å². The number of para-hydroxylation sites is 3. The second-order valence-corrected chi connectivity index (χ2v) is 17.4. The van der Waals surface area contributed by atoms with E-state index in [1.165, 1.54) is 41.6 Å². The number of fused-ring (bicyclic) bond motifs is 4. The molecular formula is C46H39N4Si+. The molecule has 0 fully saturated rings. The van der Waals surface area contributed by atoms with E-state index in [1.54, 1.807) is 6.33 Å². The first-order valence-corrected chi connectivity index (χ1v) is 19.5. The number of rotatable bonds is 7. The monoisotopic (exact) mass is 678 g/mol. The van der Waals surface area contributed by atoms with Crippen molar-refractivity contribution in [3.8, 4) is 11.5 Å². The smallest absolute Gasteiger partial charge is 0.249 e. The maximum Gasteiger partial charge on any atom is 0.249 e. The summed E-state index contributed by atoms with van der Waals surface area (Å²) >= 11 is 0. The molecule has 246 valence electrons. The Morgan fingerprint density at radius 3 is 1.98 bits per heavy atom. The summed E-state index contributed by atoms with van der Waals surface area (Å²) in [5, 5.41) is 7.31. The van der Waals surface area contributed by atoms with Crippen LogP contribution in [0.2, 0.25) is 0 Å². The molecule has 4 nitrogen and oxygen atoms in total. The summed E-state index contributed by atoms with van der Waals surface area (Å²) in [4.78, 5) is 4.95. The van der Waals surface area contributed by atoms with Crippen LogP contribution in [0.5, 0.6) is 0 Å². The third kappa shape index (κ3) is 4.96. The van der Waals surface area contributed by atoms with Crippen LogP contribution in [0.1, 0.15) is 29.4 Å². The molecule has 0 spiro atoms. The van der Waals surface area contributed by atoms with Gasteiger partial charge in [-0.2, -0.15) is 4.57 Å². The Morgan fingerprint density at radius 1 is 0.588 bits per heavy atom. The highest BCUT2D eigenvalue weighted by molar-refractivity contribution is 7.20. The van der Waals surface area contributed by atoms with Crippen LogP contribution in [0, 0.1) is 0 Å². The standard InChI is InChI=1S/C46H39N4Si/c1-33(2)34-27-28-47-46(29-34)50-42-22-11-10-21-40(42)41-26-25-39(31-45(41)50)51(36-16-6-4-7-17-36,37-18-8-5-9-19-37)38-20-14-15-35(30-38)49-32-48(3)43-23-12-13-24-44(43)49/h4-33H,1-3H3/q+1/i3D3. The molecule has 6 aromatic carbocycles. The van der Waals surface area contributed by atoms with Crippen molar-refractivity contribution in [3.63, 3.8) is 0 Å². The number of imidazole rings is 1. The van der Waals surface area contributed by atoms with Crippen molar-refractivity contribution in [1.82, 2.24) is 14.1 Å². The van der Waals surface area contributed by atoms with Crippen LogP contribution in [0.4, 0.5) is 0 Å². The van der Waals surface area contributed by atoms with Crippen LogP contribution < -0.4 is 25.3 Å². The van der Waals surface area contributed by atoms with E-state index < -0.39 is 15.0 Å². The predicted octanol–water partition coefficient (Wildman–Crippen LogP) is 7.45. The first-order chi connectivity index (χ1) is 26.2. The number of pyridine rings is 1. The maximum atomic E-state index is 8.31. The lowest BCUT2D eigenvalue weighted by Crippen LogP contribution is -2.74. The number of aryl methyl sites for hydroxylation is 1. The Kier molecular flexibility index (Phi) is 6.73. The largest absolute Gasteiger partial charge is 0.294 e. The van der Waals surface area contributed by atoms with Crippen LogP contribution in [0.3, 0.4) is 0 Å². The normalized spacial score (nSPS) is 13.1. The van der Waals surface area contributed by atoms with Gasteiger partial charge in [-0.15, -0.1) is 0 Å². The first kappa shape index (κ1) is 27.7. The molecule has 0 saturated heterocycles.